The predicted octanol–water partition coefficient (Wildman–Crippen LogP) is 3.28. The number of aromatic nitrogens is 1. The first-order chi connectivity index (χ1) is 8.96. The largest absolute Gasteiger partial charge is 0.347 e. The molecule has 0 spiro atoms. The maximum Gasteiger partial charge on any atom is 0.251 e. The van der Waals surface area contributed by atoms with Gasteiger partial charge in [-0.05, 0) is 56.2 Å². The Morgan fingerprint density at radius 1 is 1.05 bits per heavy atom. The highest BCUT2D eigenvalue weighted by Gasteiger charge is 2.15. The molecule has 0 unspecified atom stereocenters. The van der Waals surface area contributed by atoms with Crippen LogP contribution in [0.1, 0.15) is 31.1 Å². The highest BCUT2D eigenvalue weighted by molar-refractivity contribution is 5.95. The SMILES string of the molecule is CC(C)(C)NC(=O)c1cccc(-c2ccncc2)c1. The molecule has 0 aliphatic carbocycles. The molecule has 98 valence electrons. The van der Waals surface area contributed by atoms with Gasteiger partial charge in [0, 0.05) is 23.5 Å². The molecule has 2 rings (SSSR count). The van der Waals surface area contributed by atoms with Gasteiger partial charge in [-0.1, -0.05) is 12.1 Å². The lowest BCUT2D eigenvalue weighted by Crippen LogP contribution is -2.40. The number of hydrogen-bond donors (Lipinski definition) is 1. The third-order valence-corrected chi connectivity index (χ3v) is 2.63. The summed E-state index contributed by atoms with van der Waals surface area (Å²) >= 11 is 0. The molecule has 0 aliphatic heterocycles. The van der Waals surface area contributed by atoms with Gasteiger partial charge in [0.15, 0.2) is 0 Å². The zero-order chi connectivity index (χ0) is 13.9. The molecule has 0 aliphatic rings. The minimum Gasteiger partial charge on any atom is -0.347 e. The molecular weight excluding hydrogens is 236 g/mol. The molecule has 3 nitrogen and oxygen atoms in total. The van der Waals surface area contributed by atoms with Crippen LogP contribution < -0.4 is 5.32 Å². The van der Waals surface area contributed by atoms with Gasteiger partial charge in [0.05, 0.1) is 0 Å². The van der Waals surface area contributed by atoms with E-state index in [0.717, 1.165) is 11.1 Å². The fourth-order valence-corrected chi connectivity index (χ4v) is 1.80. The molecule has 3 heteroatoms. The molecule has 0 radical (unpaired) electrons. The first-order valence-electron chi connectivity index (χ1n) is 6.29. The molecule has 1 aromatic heterocycles. The van der Waals surface area contributed by atoms with Crippen LogP contribution in [0.15, 0.2) is 48.8 Å². The van der Waals surface area contributed by atoms with Crippen LogP contribution in [-0.4, -0.2) is 16.4 Å². The summed E-state index contributed by atoms with van der Waals surface area (Å²) in [5.74, 6) is -0.0524. The van der Waals surface area contributed by atoms with Gasteiger partial charge in [-0.3, -0.25) is 9.78 Å². The molecule has 1 heterocycles. The van der Waals surface area contributed by atoms with Gasteiger partial charge in [0.2, 0.25) is 0 Å². The van der Waals surface area contributed by atoms with Crippen LogP contribution in [0.5, 0.6) is 0 Å². The Labute approximate surface area is 113 Å². The number of carbonyl (C=O) groups is 1. The number of amides is 1. The van der Waals surface area contributed by atoms with Gasteiger partial charge < -0.3 is 5.32 Å². The molecule has 0 bridgehead atoms. The van der Waals surface area contributed by atoms with Gasteiger partial charge in [-0.25, -0.2) is 0 Å². The minimum absolute atomic E-state index is 0.0524. The summed E-state index contributed by atoms with van der Waals surface area (Å²) in [6.45, 7) is 5.91. The molecule has 1 N–H and O–H groups in total. The number of hydrogen-bond acceptors (Lipinski definition) is 2. The van der Waals surface area contributed by atoms with Crippen molar-refractivity contribution >= 4 is 5.91 Å². The molecule has 1 amide bonds. The van der Waals surface area contributed by atoms with Crippen LogP contribution in [0.2, 0.25) is 0 Å². The normalized spacial score (nSPS) is 11.1. The lowest BCUT2D eigenvalue weighted by molar-refractivity contribution is 0.0919. The molecule has 0 saturated carbocycles. The van der Waals surface area contributed by atoms with E-state index in [4.69, 9.17) is 0 Å². The van der Waals surface area contributed by atoms with Crippen molar-refractivity contribution in [2.24, 2.45) is 0 Å². The Hall–Kier alpha value is -2.16. The molecule has 0 atom stereocenters. The second-order valence-electron chi connectivity index (χ2n) is 5.52. The highest BCUT2D eigenvalue weighted by Crippen LogP contribution is 2.19. The smallest absolute Gasteiger partial charge is 0.251 e. The lowest BCUT2D eigenvalue weighted by Gasteiger charge is -2.20. The van der Waals surface area contributed by atoms with Crippen LogP contribution in [0.25, 0.3) is 11.1 Å². The zero-order valence-electron chi connectivity index (χ0n) is 11.5. The van der Waals surface area contributed by atoms with Crippen LogP contribution in [0.4, 0.5) is 0 Å². The van der Waals surface area contributed by atoms with Crippen LogP contribution in [0, 0.1) is 0 Å². The first kappa shape index (κ1) is 13.3. The summed E-state index contributed by atoms with van der Waals surface area (Å²) in [5, 5.41) is 2.96. The average Bonchev–Trinajstić information content (AvgIpc) is 2.38. The molecule has 0 fully saturated rings. The Morgan fingerprint density at radius 2 is 1.74 bits per heavy atom. The number of nitrogens with one attached hydrogen (secondary N) is 1. The van der Waals surface area contributed by atoms with E-state index in [1.807, 2.05) is 57.2 Å². The van der Waals surface area contributed by atoms with Crippen molar-refractivity contribution in [3.8, 4) is 11.1 Å². The first-order valence-corrected chi connectivity index (χ1v) is 6.29. The van der Waals surface area contributed by atoms with Gasteiger partial charge in [-0.15, -0.1) is 0 Å². The summed E-state index contributed by atoms with van der Waals surface area (Å²) in [5.41, 5.74) is 2.51. The quantitative estimate of drug-likeness (QED) is 0.893. The number of benzene rings is 1. The molecule has 19 heavy (non-hydrogen) atoms. The van der Waals surface area contributed by atoms with E-state index in [0.29, 0.717) is 5.56 Å². The van der Waals surface area contributed by atoms with Crippen molar-refractivity contribution in [3.05, 3.63) is 54.4 Å². The molecule has 1 aromatic carbocycles. The lowest BCUT2D eigenvalue weighted by atomic mass is 10.0. The summed E-state index contributed by atoms with van der Waals surface area (Å²) in [6, 6.07) is 11.5. The molecule has 2 aromatic rings. The zero-order valence-corrected chi connectivity index (χ0v) is 11.5. The second-order valence-corrected chi connectivity index (χ2v) is 5.52. The third kappa shape index (κ3) is 3.65. The monoisotopic (exact) mass is 254 g/mol. The van der Waals surface area contributed by atoms with Crippen LogP contribution in [-0.2, 0) is 0 Å². The Morgan fingerprint density at radius 3 is 2.37 bits per heavy atom. The maximum atomic E-state index is 12.1. The summed E-state index contributed by atoms with van der Waals surface area (Å²) in [7, 11) is 0. The fourth-order valence-electron chi connectivity index (χ4n) is 1.80. The van der Waals surface area contributed by atoms with E-state index in [9.17, 15) is 4.79 Å². The minimum atomic E-state index is -0.232. The predicted molar refractivity (Wildman–Crippen MR) is 76.9 cm³/mol. The standard InChI is InChI=1S/C16H18N2O/c1-16(2,3)18-15(19)14-6-4-5-13(11-14)12-7-9-17-10-8-12/h4-11H,1-3H3,(H,18,19). The van der Waals surface area contributed by atoms with Crippen molar-refractivity contribution in [1.82, 2.24) is 10.3 Å². The van der Waals surface area contributed by atoms with E-state index >= 15 is 0 Å². The highest BCUT2D eigenvalue weighted by atomic mass is 16.1. The van der Waals surface area contributed by atoms with E-state index in [1.54, 1.807) is 12.4 Å². The van der Waals surface area contributed by atoms with Crippen LogP contribution >= 0.6 is 0 Å². The Balaban J connectivity index is 2.28. The second kappa shape index (κ2) is 5.22. The van der Waals surface area contributed by atoms with E-state index in [-0.39, 0.29) is 11.4 Å². The molecular formula is C16H18N2O. The Kier molecular flexibility index (Phi) is 3.65. The van der Waals surface area contributed by atoms with Gasteiger partial charge in [0.25, 0.3) is 5.91 Å². The van der Waals surface area contributed by atoms with E-state index in [2.05, 4.69) is 10.3 Å². The van der Waals surface area contributed by atoms with Crippen LogP contribution in [0.3, 0.4) is 0 Å². The van der Waals surface area contributed by atoms with Gasteiger partial charge in [0.1, 0.15) is 0 Å². The summed E-state index contributed by atoms with van der Waals surface area (Å²) in [6.07, 6.45) is 3.49. The summed E-state index contributed by atoms with van der Waals surface area (Å²) in [4.78, 5) is 16.1. The maximum absolute atomic E-state index is 12.1. The van der Waals surface area contributed by atoms with E-state index < -0.39 is 0 Å². The summed E-state index contributed by atoms with van der Waals surface area (Å²) < 4.78 is 0. The van der Waals surface area contributed by atoms with Crippen molar-refractivity contribution in [1.29, 1.82) is 0 Å². The van der Waals surface area contributed by atoms with Crippen molar-refractivity contribution in [2.75, 3.05) is 0 Å². The molecule has 0 saturated heterocycles. The number of nitrogens with zero attached hydrogens (tertiary/aromatic N) is 1. The topological polar surface area (TPSA) is 42.0 Å². The van der Waals surface area contributed by atoms with Gasteiger partial charge in [-0.2, -0.15) is 0 Å². The third-order valence-electron chi connectivity index (χ3n) is 2.63. The number of rotatable bonds is 2. The van der Waals surface area contributed by atoms with Crippen molar-refractivity contribution < 1.29 is 4.79 Å². The van der Waals surface area contributed by atoms with Gasteiger partial charge >= 0.3 is 0 Å². The van der Waals surface area contributed by atoms with Crippen molar-refractivity contribution in [2.45, 2.75) is 26.3 Å². The fraction of sp³-hybridized carbons (Fsp3) is 0.250. The van der Waals surface area contributed by atoms with E-state index in [1.165, 1.54) is 0 Å². The van der Waals surface area contributed by atoms with Crippen molar-refractivity contribution in [3.63, 3.8) is 0 Å². The number of carbonyl (C=O) groups excluding carboxylic acids is 1. The Bertz CT molecular complexity index is 571. The number of pyridine rings is 1. The average molecular weight is 254 g/mol.